The number of benzene rings is 3. The molecule has 3 aromatic carbocycles. The first-order valence-corrected chi connectivity index (χ1v) is 12.8. The second-order valence-corrected chi connectivity index (χ2v) is 9.56. The van der Waals surface area contributed by atoms with Gasteiger partial charge in [-0.2, -0.15) is 0 Å². The number of hydrogen-bond donors (Lipinski definition) is 2. The van der Waals surface area contributed by atoms with Gasteiger partial charge in [-0.3, -0.25) is 14.2 Å². The summed E-state index contributed by atoms with van der Waals surface area (Å²) in [6.07, 6.45) is 6.20. The predicted octanol–water partition coefficient (Wildman–Crippen LogP) is 5.71. The molecular formula is C32H23F2N5O2. The Kier molecular flexibility index (Phi) is 6.91. The number of nitrogens with one attached hydrogen (secondary N) is 2. The Labute approximate surface area is 233 Å². The maximum atomic E-state index is 13.6. The van der Waals surface area contributed by atoms with E-state index in [4.69, 9.17) is 0 Å². The van der Waals surface area contributed by atoms with E-state index in [1.54, 1.807) is 0 Å². The molecule has 0 aliphatic rings. The number of rotatable bonds is 7. The van der Waals surface area contributed by atoms with E-state index in [1.165, 1.54) is 23.2 Å². The second-order valence-electron chi connectivity index (χ2n) is 9.56. The van der Waals surface area contributed by atoms with Crippen LogP contribution < -0.4 is 10.9 Å². The molecule has 0 spiro atoms. The number of aromatic nitrogens is 4. The fourth-order valence-corrected chi connectivity index (χ4v) is 4.71. The molecule has 0 saturated carbocycles. The van der Waals surface area contributed by atoms with E-state index in [0.717, 1.165) is 51.0 Å². The molecule has 202 valence electrons. The Morgan fingerprint density at radius 3 is 2.51 bits per heavy atom. The molecule has 41 heavy (non-hydrogen) atoms. The van der Waals surface area contributed by atoms with Gasteiger partial charge >= 0.3 is 0 Å². The number of halogens is 2. The molecule has 0 bridgehead atoms. The lowest BCUT2D eigenvalue weighted by atomic mass is 10.0. The average Bonchev–Trinajstić information content (AvgIpc) is 3.43. The van der Waals surface area contributed by atoms with Crippen LogP contribution in [0.15, 0.2) is 109 Å². The summed E-state index contributed by atoms with van der Waals surface area (Å²) in [6, 6.07) is 23.3. The van der Waals surface area contributed by atoms with Gasteiger partial charge in [0, 0.05) is 41.6 Å². The van der Waals surface area contributed by atoms with Gasteiger partial charge in [-0.25, -0.2) is 18.7 Å². The zero-order valence-corrected chi connectivity index (χ0v) is 21.6. The fourth-order valence-electron chi connectivity index (χ4n) is 4.71. The van der Waals surface area contributed by atoms with Crippen molar-refractivity contribution in [1.29, 1.82) is 0 Å². The number of aromatic amines is 1. The van der Waals surface area contributed by atoms with Crippen molar-refractivity contribution in [1.82, 2.24) is 24.8 Å². The monoisotopic (exact) mass is 547 g/mol. The quantitative estimate of drug-likeness (QED) is 0.268. The minimum absolute atomic E-state index is 0.0579. The first kappa shape index (κ1) is 25.8. The summed E-state index contributed by atoms with van der Waals surface area (Å²) in [4.78, 5) is 37.6. The molecule has 0 fully saturated rings. The number of fused-ring (bicyclic) bond motifs is 1. The van der Waals surface area contributed by atoms with Crippen LogP contribution in [-0.4, -0.2) is 25.4 Å². The van der Waals surface area contributed by atoms with Gasteiger partial charge in [-0.15, -0.1) is 0 Å². The van der Waals surface area contributed by atoms with Gasteiger partial charge in [0.25, 0.3) is 11.5 Å². The molecule has 7 nitrogen and oxygen atoms in total. The van der Waals surface area contributed by atoms with E-state index in [1.807, 2.05) is 67.0 Å². The molecule has 1 amide bonds. The number of hydrogen-bond acceptors (Lipinski definition) is 4. The molecule has 0 aliphatic carbocycles. The van der Waals surface area contributed by atoms with Gasteiger partial charge in [-0.05, 0) is 46.5 Å². The molecule has 6 aromatic rings. The number of carbonyl (C=O) groups is 1. The lowest BCUT2D eigenvalue weighted by Gasteiger charge is -2.10. The largest absolute Gasteiger partial charge is 0.348 e. The number of carbonyl (C=O) groups excluding carboxylic acids is 1. The van der Waals surface area contributed by atoms with Gasteiger partial charge in [0.1, 0.15) is 11.2 Å². The minimum Gasteiger partial charge on any atom is -0.348 e. The van der Waals surface area contributed by atoms with E-state index < -0.39 is 23.1 Å². The zero-order chi connectivity index (χ0) is 28.3. The van der Waals surface area contributed by atoms with Crippen molar-refractivity contribution in [3.05, 3.63) is 142 Å². The lowest BCUT2D eigenvalue weighted by molar-refractivity contribution is 0.0948. The highest BCUT2D eigenvalue weighted by Crippen LogP contribution is 2.31. The summed E-state index contributed by atoms with van der Waals surface area (Å²) in [7, 11) is 0. The molecule has 9 heteroatoms. The van der Waals surface area contributed by atoms with E-state index >= 15 is 0 Å². The number of amides is 1. The standard InChI is InChI=1S/C32H23F2N5O2/c33-28-10-9-21(12-29(28)34)18-39-19-35-16-27(32(39)41)31(40)38-14-20-5-4-8-23(11-20)26-17-37-30-25(26)13-24(15-36-30)22-6-2-1-3-7-22/h1-13,15-17,19H,14,18H2,(H,36,37)(H,38,40). The molecule has 0 saturated heterocycles. The molecule has 0 radical (unpaired) electrons. The number of H-pyrrole nitrogens is 1. The van der Waals surface area contributed by atoms with Crippen LogP contribution in [-0.2, 0) is 13.1 Å². The minimum atomic E-state index is -1.01. The SMILES string of the molecule is O=C(NCc1cccc(-c2c[nH]c3ncc(-c4ccccc4)cc23)c1)c1cncn(Cc2ccc(F)c(F)c2)c1=O. The topological polar surface area (TPSA) is 92.7 Å². The van der Waals surface area contributed by atoms with Crippen molar-refractivity contribution >= 4 is 16.9 Å². The lowest BCUT2D eigenvalue weighted by Crippen LogP contribution is -2.33. The van der Waals surface area contributed by atoms with E-state index in [2.05, 4.69) is 26.3 Å². The third kappa shape index (κ3) is 5.38. The summed E-state index contributed by atoms with van der Waals surface area (Å²) in [6.45, 7) is 0.123. The Morgan fingerprint density at radius 2 is 1.68 bits per heavy atom. The maximum Gasteiger partial charge on any atom is 0.266 e. The van der Waals surface area contributed by atoms with Gasteiger partial charge in [0.05, 0.1) is 12.9 Å². The van der Waals surface area contributed by atoms with Gasteiger partial charge in [-0.1, -0.05) is 54.6 Å². The fraction of sp³-hybridized carbons (Fsp3) is 0.0625. The average molecular weight is 548 g/mol. The van der Waals surface area contributed by atoms with Crippen LogP contribution >= 0.6 is 0 Å². The summed E-state index contributed by atoms with van der Waals surface area (Å²) in [5, 5.41) is 3.76. The van der Waals surface area contributed by atoms with Gasteiger partial charge in [0.15, 0.2) is 11.6 Å². The van der Waals surface area contributed by atoms with Crippen molar-refractivity contribution in [2.45, 2.75) is 13.1 Å². The number of nitrogens with zero attached hydrogens (tertiary/aromatic N) is 3. The van der Waals surface area contributed by atoms with Crippen LogP contribution in [0.2, 0.25) is 0 Å². The second kappa shape index (κ2) is 11.0. The van der Waals surface area contributed by atoms with Crippen molar-refractivity contribution in [2.24, 2.45) is 0 Å². The zero-order valence-electron chi connectivity index (χ0n) is 21.6. The van der Waals surface area contributed by atoms with Crippen molar-refractivity contribution in [2.75, 3.05) is 0 Å². The highest BCUT2D eigenvalue weighted by atomic mass is 19.2. The number of pyridine rings is 1. The first-order valence-electron chi connectivity index (χ1n) is 12.8. The van der Waals surface area contributed by atoms with Crippen LogP contribution in [0.1, 0.15) is 21.5 Å². The third-order valence-electron chi connectivity index (χ3n) is 6.81. The predicted molar refractivity (Wildman–Crippen MR) is 152 cm³/mol. The summed E-state index contributed by atoms with van der Waals surface area (Å²) in [5.41, 5.74) is 5.25. The summed E-state index contributed by atoms with van der Waals surface area (Å²) in [5.74, 6) is -2.58. The summed E-state index contributed by atoms with van der Waals surface area (Å²) < 4.78 is 28.0. The van der Waals surface area contributed by atoms with Crippen LogP contribution in [0, 0.1) is 11.6 Å². The Bertz CT molecular complexity index is 1950. The van der Waals surface area contributed by atoms with Crippen LogP contribution in [0.25, 0.3) is 33.3 Å². The molecule has 0 unspecified atom stereocenters. The van der Waals surface area contributed by atoms with Gasteiger partial charge in [0.2, 0.25) is 0 Å². The molecule has 3 aromatic heterocycles. The Balaban J connectivity index is 1.20. The molecule has 0 atom stereocenters. The molecule has 0 aliphatic heterocycles. The maximum absolute atomic E-state index is 13.6. The molecular weight excluding hydrogens is 524 g/mol. The van der Waals surface area contributed by atoms with Crippen molar-refractivity contribution in [3.8, 4) is 22.3 Å². The normalized spacial score (nSPS) is 11.1. The highest BCUT2D eigenvalue weighted by Gasteiger charge is 2.15. The Morgan fingerprint density at radius 1 is 0.854 bits per heavy atom. The summed E-state index contributed by atoms with van der Waals surface area (Å²) >= 11 is 0. The van der Waals surface area contributed by atoms with Crippen molar-refractivity contribution in [3.63, 3.8) is 0 Å². The highest BCUT2D eigenvalue weighted by molar-refractivity contribution is 5.96. The van der Waals surface area contributed by atoms with Crippen molar-refractivity contribution < 1.29 is 13.6 Å². The van der Waals surface area contributed by atoms with E-state index in [9.17, 15) is 18.4 Å². The molecule has 3 heterocycles. The van der Waals surface area contributed by atoms with E-state index in [-0.39, 0.29) is 18.7 Å². The Hall–Kier alpha value is -5.44. The molecule has 6 rings (SSSR count). The van der Waals surface area contributed by atoms with Crippen LogP contribution in [0.4, 0.5) is 8.78 Å². The first-order chi connectivity index (χ1) is 20.0. The van der Waals surface area contributed by atoms with Crippen LogP contribution in [0.3, 0.4) is 0 Å². The third-order valence-corrected chi connectivity index (χ3v) is 6.81. The van der Waals surface area contributed by atoms with E-state index in [0.29, 0.717) is 5.56 Å². The molecule has 2 N–H and O–H groups in total. The smallest absolute Gasteiger partial charge is 0.266 e. The van der Waals surface area contributed by atoms with Crippen LogP contribution in [0.5, 0.6) is 0 Å². The van der Waals surface area contributed by atoms with Gasteiger partial charge < -0.3 is 10.3 Å².